The molecule has 0 unspecified atom stereocenters. The van der Waals surface area contributed by atoms with Crippen molar-refractivity contribution in [1.82, 2.24) is 14.5 Å². The molecule has 0 aliphatic carbocycles. The molecule has 4 rings (SSSR count). The molecule has 4 heterocycles. The highest BCUT2D eigenvalue weighted by Crippen LogP contribution is 2.43. The molecule has 1 fully saturated rings. The van der Waals surface area contributed by atoms with Gasteiger partial charge in [-0.15, -0.1) is 0 Å². The van der Waals surface area contributed by atoms with Crippen LogP contribution in [0.5, 0.6) is 0 Å². The number of nitrogens with zero attached hydrogens (tertiary/aromatic N) is 3. The first-order valence-electron chi connectivity index (χ1n) is 10.1. The SMILES string of the molecule is CC(C)CC[C@H]1[C@H]2C[C@H](CN(Cc3ccc(Cl)cn3)C2)c2cccc(=O)n21. The van der Waals surface area contributed by atoms with Gasteiger partial charge in [-0.2, -0.15) is 0 Å². The molecule has 4 nitrogen and oxygen atoms in total. The molecule has 2 bridgehead atoms. The minimum Gasteiger partial charge on any atom is -0.309 e. The molecule has 2 aromatic rings. The summed E-state index contributed by atoms with van der Waals surface area (Å²) in [5.41, 5.74) is 2.45. The maximum Gasteiger partial charge on any atom is 0.250 e. The van der Waals surface area contributed by atoms with E-state index in [-0.39, 0.29) is 5.56 Å². The van der Waals surface area contributed by atoms with Gasteiger partial charge in [0.1, 0.15) is 0 Å². The summed E-state index contributed by atoms with van der Waals surface area (Å²) in [6.45, 7) is 7.39. The number of aromatic nitrogens is 2. The van der Waals surface area contributed by atoms with Gasteiger partial charge < -0.3 is 4.57 Å². The Balaban J connectivity index is 1.60. The van der Waals surface area contributed by atoms with Crippen molar-refractivity contribution < 1.29 is 0 Å². The molecule has 0 saturated carbocycles. The number of halogens is 1. The van der Waals surface area contributed by atoms with Crippen molar-refractivity contribution in [2.45, 2.75) is 51.6 Å². The van der Waals surface area contributed by atoms with Gasteiger partial charge in [0, 0.05) is 49.6 Å². The fraction of sp³-hybridized carbons (Fsp3) is 0.545. The summed E-state index contributed by atoms with van der Waals surface area (Å²) in [4.78, 5) is 19.7. The standard InChI is InChI=1S/C22H28ClN3O/c1-15(2)6-9-21-17-10-16(20-4-3-5-22(27)26(20)21)12-25(13-17)14-19-8-7-18(23)11-24-19/h3-5,7-8,11,15-17,21H,6,9-10,12-14H2,1-2H3/t16-,17+,21+/m1/s1. The largest absolute Gasteiger partial charge is 0.309 e. The molecule has 2 aliphatic heterocycles. The minimum atomic E-state index is 0.170. The summed E-state index contributed by atoms with van der Waals surface area (Å²) in [7, 11) is 0. The third-order valence-electron chi connectivity index (χ3n) is 6.09. The van der Waals surface area contributed by atoms with Gasteiger partial charge in [0.2, 0.25) is 0 Å². The first kappa shape index (κ1) is 18.7. The van der Waals surface area contributed by atoms with Crippen LogP contribution in [0.4, 0.5) is 0 Å². The molecule has 144 valence electrons. The van der Waals surface area contributed by atoms with Gasteiger partial charge in [-0.1, -0.05) is 31.5 Å². The monoisotopic (exact) mass is 385 g/mol. The zero-order chi connectivity index (χ0) is 19.0. The maximum atomic E-state index is 12.7. The number of pyridine rings is 2. The van der Waals surface area contributed by atoms with Crippen LogP contribution in [-0.2, 0) is 6.54 Å². The van der Waals surface area contributed by atoms with Crippen LogP contribution >= 0.6 is 11.6 Å². The predicted molar refractivity (Wildman–Crippen MR) is 109 cm³/mol. The summed E-state index contributed by atoms with van der Waals surface area (Å²) in [5, 5.41) is 0.677. The molecule has 0 spiro atoms. The smallest absolute Gasteiger partial charge is 0.250 e. The summed E-state index contributed by atoms with van der Waals surface area (Å²) >= 11 is 5.97. The Hall–Kier alpha value is -1.65. The van der Waals surface area contributed by atoms with Crippen molar-refractivity contribution >= 4 is 11.6 Å². The van der Waals surface area contributed by atoms with E-state index in [9.17, 15) is 4.79 Å². The zero-order valence-corrected chi connectivity index (χ0v) is 16.9. The van der Waals surface area contributed by atoms with Gasteiger partial charge >= 0.3 is 0 Å². The normalized spacial score (nSPS) is 24.8. The van der Waals surface area contributed by atoms with E-state index < -0.39 is 0 Å². The molecule has 0 aromatic carbocycles. The minimum absolute atomic E-state index is 0.170. The highest BCUT2D eigenvalue weighted by molar-refractivity contribution is 6.30. The van der Waals surface area contributed by atoms with Crippen LogP contribution in [0.3, 0.4) is 0 Å². The van der Waals surface area contributed by atoms with Gasteiger partial charge in [0.25, 0.3) is 5.56 Å². The lowest BCUT2D eigenvalue weighted by atomic mass is 9.76. The van der Waals surface area contributed by atoms with E-state index in [1.807, 2.05) is 18.2 Å². The highest BCUT2D eigenvalue weighted by Gasteiger charge is 2.40. The van der Waals surface area contributed by atoms with Crippen LogP contribution in [0.15, 0.2) is 41.3 Å². The number of piperidine rings is 1. The number of rotatable bonds is 5. The molecule has 2 aromatic heterocycles. The zero-order valence-electron chi connectivity index (χ0n) is 16.1. The molecule has 2 aliphatic rings. The lowest BCUT2D eigenvalue weighted by Crippen LogP contribution is -2.49. The topological polar surface area (TPSA) is 38.1 Å². The Bertz CT molecular complexity index is 845. The molecule has 0 radical (unpaired) electrons. The van der Waals surface area contributed by atoms with Crippen LogP contribution in [-0.4, -0.2) is 27.5 Å². The van der Waals surface area contributed by atoms with Crippen molar-refractivity contribution in [1.29, 1.82) is 0 Å². The van der Waals surface area contributed by atoms with E-state index in [0.29, 0.717) is 28.8 Å². The average Bonchev–Trinajstić information content (AvgIpc) is 2.64. The Morgan fingerprint density at radius 2 is 2.07 bits per heavy atom. The molecule has 0 amide bonds. The molecular weight excluding hydrogens is 358 g/mol. The lowest BCUT2D eigenvalue weighted by molar-refractivity contribution is 0.0790. The van der Waals surface area contributed by atoms with Gasteiger partial charge in [0.05, 0.1) is 10.7 Å². The van der Waals surface area contributed by atoms with Crippen LogP contribution in [0.2, 0.25) is 5.02 Å². The Kier molecular flexibility index (Phi) is 5.38. The fourth-order valence-electron chi connectivity index (χ4n) is 4.87. The Morgan fingerprint density at radius 1 is 1.22 bits per heavy atom. The van der Waals surface area contributed by atoms with Crippen molar-refractivity contribution in [2.75, 3.05) is 13.1 Å². The number of hydrogen-bond donors (Lipinski definition) is 0. The first-order valence-corrected chi connectivity index (χ1v) is 10.4. The second kappa shape index (κ2) is 7.76. The quantitative estimate of drug-likeness (QED) is 0.760. The summed E-state index contributed by atoms with van der Waals surface area (Å²) in [5.74, 6) is 1.62. The Labute approximate surface area is 166 Å². The van der Waals surface area contributed by atoms with E-state index >= 15 is 0 Å². The number of likely N-dealkylation sites (tertiary alicyclic amines) is 1. The van der Waals surface area contributed by atoms with Crippen LogP contribution in [0.1, 0.15) is 56.5 Å². The van der Waals surface area contributed by atoms with Crippen LogP contribution in [0.25, 0.3) is 0 Å². The molecule has 1 saturated heterocycles. The summed E-state index contributed by atoms with van der Waals surface area (Å²) in [6, 6.07) is 10.1. The summed E-state index contributed by atoms with van der Waals surface area (Å²) < 4.78 is 2.12. The maximum absolute atomic E-state index is 12.7. The third kappa shape index (κ3) is 3.97. The number of hydrogen-bond acceptors (Lipinski definition) is 3. The van der Waals surface area contributed by atoms with E-state index in [0.717, 1.165) is 38.2 Å². The van der Waals surface area contributed by atoms with E-state index in [4.69, 9.17) is 11.6 Å². The first-order chi connectivity index (χ1) is 13.0. The lowest BCUT2D eigenvalue weighted by Gasteiger charge is -2.47. The van der Waals surface area contributed by atoms with E-state index in [2.05, 4.69) is 34.4 Å². The van der Waals surface area contributed by atoms with Gasteiger partial charge in [-0.3, -0.25) is 14.7 Å². The van der Waals surface area contributed by atoms with Gasteiger partial charge in [0.15, 0.2) is 0 Å². The van der Waals surface area contributed by atoms with Gasteiger partial charge in [-0.25, -0.2) is 0 Å². The predicted octanol–water partition coefficient (Wildman–Crippen LogP) is 4.49. The molecular formula is C22H28ClN3O. The van der Waals surface area contributed by atoms with Gasteiger partial charge in [-0.05, 0) is 49.3 Å². The van der Waals surface area contributed by atoms with Crippen molar-refractivity contribution in [3.8, 4) is 0 Å². The third-order valence-corrected chi connectivity index (χ3v) is 6.31. The average molecular weight is 386 g/mol. The van der Waals surface area contributed by atoms with Crippen LogP contribution < -0.4 is 5.56 Å². The van der Waals surface area contributed by atoms with E-state index in [1.165, 1.54) is 12.1 Å². The molecule has 5 heteroatoms. The number of fused-ring (bicyclic) bond motifs is 4. The molecule has 3 atom stereocenters. The fourth-order valence-corrected chi connectivity index (χ4v) is 4.98. The second-order valence-corrected chi connectivity index (χ2v) is 8.99. The van der Waals surface area contributed by atoms with Crippen molar-refractivity contribution in [2.24, 2.45) is 11.8 Å². The Morgan fingerprint density at radius 3 is 2.81 bits per heavy atom. The van der Waals surface area contributed by atoms with Crippen molar-refractivity contribution in [3.63, 3.8) is 0 Å². The van der Waals surface area contributed by atoms with Crippen LogP contribution in [0, 0.1) is 11.8 Å². The highest BCUT2D eigenvalue weighted by atomic mass is 35.5. The van der Waals surface area contributed by atoms with Crippen molar-refractivity contribution in [3.05, 3.63) is 63.3 Å². The van der Waals surface area contributed by atoms with E-state index in [1.54, 1.807) is 12.3 Å². The second-order valence-electron chi connectivity index (χ2n) is 8.55. The summed E-state index contributed by atoms with van der Waals surface area (Å²) in [6.07, 6.45) is 5.16. The molecule has 27 heavy (non-hydrogen) atoms. The molecule has 0 N–H and O–H groups in total.